The van der Waals surface area contributed by atoms with Gasteiger partial charge < -0.3 is 15.7 Å². The lowest BCUT2D eigenvalue weighted by Gasteiger charge is -2.39. The van der Waals surface area contributed by atoms with E-state index in [1.54, 1.807) is 0 Å². The van der Waals surface area contributed by atoms with Gasteiger partial charge >= 0.3 is 0 Å². The van der Waals surface area contributed by atoms with Crippen LogP contribution < -0.4 is 10.6 Å². The van der Waals surface area contributed by atoms with Crippen LogP contribution in [0.1, 0.15) is 52.9 Å². The van der Waals surface area contributed by atoms with Crippen LogP contribution in [0.25, 0.3) is 0 Å². The lowest BCUT2D eigenvalue weighted by atomic mass is 9.81. The SMILES string of the molecule is CCCNCCC(C)(O)C1CC(CC)CCN1. The van der Waals surface area contributed by atoms with Crippen LogP contribution in [0.2, 0.25) is 0 Å². The monoisotopic (exact) mass is 242 g/mol. The van der Waals surface area contributed by atoms with Gasteiger partial charge in [0.05, 0.1) is 5.60 Å². The fraction of sp³-hybridized carbons (Fsp3) is 1.00. The van der Waals surface area contributed by atoms with Crippen LogP contribution in [0, 0.1) is 5.92 Å². The van der Waals surface area contributed by atoms with Gasteiger partial charge in [-0.05, 0) is 58.2 Å². The summed E-state index contributed by atoms with van der Waals surface area (Å²) in [6.45, 7) is 9.42. The summed E-state index contributed by atoms with van der Waals surface area (Å²) in [4.78, 5) is 0. The Morgan fingerprint density at radius 3 is 2.76 bits per heavy atom. The van der Waals surface area contributed by atoms with Crippen LogP contribution in [-0.2, 0) is 0 Å². The van der Waals surface area contributed by atoms with Crippen molar-refractivity contribution in [3.63, 3.8) is 0 Å². The molecule has 3 atom stereocenters. The summed E-state index contributed by atoms with van der Waals surface area (Å²) in [5.41, 5.74) is -0.575. The summed E-state index contributed by atoms with van der Waals surface area (Å²) in [5, 5.41) is 17.4. The Morgan fingerprint density at radius 1 is 1.35 bits per heavy atom. The van der Waals surface area contributed by atoms with Crippen LogP contribution in [0.4, 0.5) is 0 Å². The topological polar surface area (TPSA) is 44.3 Å². The molecule has 17 heavy (non-hydrogen) atoms. The molecule has 1 saturated heterocycles. The van der Waals surface area contributed by atoms with Crippen LogP contribution >= 0.6 is 0 Å². The second kappa shape index (κ2) is 7.34. The van der Waals surface area contributed by atoms with Gasteiger partial charge in [0.2, 0.25) is 0 Å². The third-order valence-corrected chi connectivity index (χ3v) is 4.08. The Morgan fingerprint density at radius 2 is 2.12 bits per heavy atom. The van der Waals surface area contributed by atoms with Gasteiger partial charge in [-0.15, -0.1) is 0 Å². The molecule has 1 fully saturated rings. The summed E-state index contributed by atoms with van der Waals surface area (Å²) < 4.78 is 0. The summed E-state index contributed by atoms with van der Waals surface area (Å²) >= 11 is 0. The van der Waals surface area contributed by atoms with E-state index in [-0.39, 0.29) is 6.04 Å². The number of piperidine rings is 1. The van der Waals surface area contributed by atoms with E-state index in [1.165, 1.54) is 12.8 Å². The highest BCUT2D eigenvalue weighted by molar-refractivity contribution is 4.92. The zero-order chi connectivity index (χ0) is 12.7. The van der Waals surface area contributed by atoms with E-state index < -0.39 is 5.60 Å². The van der Waals surface area contributed by atoms with Crippen molar-refractivity contribution in [3.8, 4) is 0 Å². The molecule has 3 unspecified atom stereocenters. The predicted molar refractivity (Wildman–Crippen MR) is 73.2 cm³/mol. The van der Waals surface area contributed by atoms with E-state index in [0.717, 1.165) is 44.8 Å². The minimum absolute atomic E-state index is 0.268. The Hall–Kier alpha value is -0.120. The molecule has 0 saturated carbocycles. The second-order valence-electron chi connectivity index (χ2n) is 5.66. The maximum Gasteiger partial charge on any atom is 0.0784 e. The number of hydrogen-bond acceptors (Lipinski definition) is 3. The molecule has 1 rings (SSSR count). The molecule has 0 bridgehead atoms. The van der Waals surface area contributed by atoms with Crippen molar-refractivity contribution in [2.45, 2.75) is 64.5 Å². The molecule has 0 aromatic rings. The van der Waals surface area contributed by atoms with Gasteiger partial charge in [0.25, 0.3) is 0 Å². The highest BCUT2D eigenvalue weighted by atomic mass is 16.3. The molecule has 3 heteroatoms. The standard InChI is InChI=1S/C14H30N2O/c1-4-8-15-10-7-14(3,17)13-11-12(5-2)6-9-16-13/h12-13,15-17H,4-11H2,1-3H3. The Kier molecular flexibility index (Phi) is 6.45. The first-order valence-electron chi connectivity index (χ1n) is 7.26. The average molecular weight is 242 g/mol. The largest absolute Gasteiger partial charge is 0.389 e. The minimum atomic E-state index is -0.575. The zero-order valence-corrected chi connectivity index (χ0v) is 11.8. The maximum absolute atomic E-state index is 10.5. The first-order chi connectivity index (χ1) is 8.10. The summed E-state index contributed by atoms with van der Waals surface area (Å²) in [6, 6.07) is 0.268. The summed E-state index contributed by atoms with van der Waals surface area (Å²) in [5.74, 6) is 0.788. The van der Waals surface area contributed by atoms with Gasteiger partial charge in [0, 0.05) is 6.04 Å². The Balaban J connectivity index is 2.34. The van der Waals surface area contributed by atoms with Crippen molar-refractivity contribution < 1.29 is 5.11 Å². The van der Waals surface area contributed by atoms with Gasteiger partial charge in [-0.25, -0.2) is 0 Å². The molecule has 0 spiro atoms. The highest BCUT2D eigenvalue weighted by Crippen LogP contribution is 2.27. The quantitative estimate of drug-likeness (QED) is 0.598. The third kappa shape index (κ3) is 4.94. The molecular formula is C14H30N2O. The highest BCUT2D eigenvalue weighted by Gasteiger charge is 2.34. The molecule has 3 N–H and O–H groups in total. The van der Waals surface area contributed by atoms with Gasteiger partial charge in [-0.2, -0.15) is 0 Å². The molecule has 0 radical (unpaired) electrons. The summed E-state index contributed by atoms with van der Waals surface area (Å²) in [6.07, 6.45) is 5.61. The first kappa shape index (κ1) is 14.9. The normalized spacial score (nSPS) is 28.9. The molecular weight excluding hydrogens is 212 g/mol. The first-order valence-corrected chi connectivity index (χ1v) is 7.26. The van der Waals surface area contributed by atoms with Gasteiger partial charge in [0.15, 0.2) is 0 Å². The van der Waals surface area contributed by atoms with E-state index in [1.807, 2.05) is 6.92 Å². The molecule has 0 aliphatic carbocycles. The zero-order valence-electron chi connectivity index (χ0n) is 11.8. The molecule has 0 aromatic heterocycles. The molecule has 0 aromatic carbocycles. The fourth-order valence-electron chi connectivity index (χ4n) is 2.66. The van der Waals surface area contributed by atoms with Crippen LogP contribution in [0.15, 0.2) is 0 Å². The van der Waals surface area contributed by atoms with Crippen LogP contribution in [0.5, 0.6) is 0 Å². The molecule has 1 aliphatic heterocycles. The lowest BCUT2D eigenvalue weighted by molar-refractivity contribution is -0.00535. The second-order valence-corrected chi connectivity index (χ2v) is 5.66. The number of nitrogens with one attached hydrogen (secondary N) is 2. The Labute approximate surface area is 106 Å². The van der Waals surface area contributed by atoms with E-state index in [0.29, 0.717) is 0 Å². The van der Waals surface area contributed by atoms with E-state index >= 15 is 0 Å². The smallest absolute Gasteiger partial charge is 0.0784 e. The molecule has 1 heterocycles. The van der Waals surface area contributed by atoms with Crippen LogP contribution in [-0.4, -0.2) is 36.4 Å². The average Bonchev–Trinajstić information content (AvgIpc) is 2.35. The maximum atomic E-state index is 10.5. The minimum Gasteiger partial charge on any atom is -0.389 e. The van der Waals surface area contributed by atoms with Crippen molar-refractivity contribution in [2.75, 3.05) is 19.6 Å². The number of hydrogen-bond donors (Lipinski definition) is 3. The number of aliphatic hydroxyl groups is 1. The van der Waals surface area contributed by atoms with Gasteiger partial charge in [-0.1, -0.05) is 20.3 Å². The number of rotatable bonds is 7. The van der Waals surface area contributed by atoms with E-state index in [2.05, 4.69) is 24.5 Å². The van der Waals surface area contributed by atoms with Gasteiger partial charge in [0.1, 0.15) is 0 Å². The van der Waals surface area contributed by atoms with Crippen molar-refractivity contribution in [2.24, 2.45) is 5.92 Å². The molecule has 0 amide bonds. The van der Waals surface area contributed by atoms with Crippen molar-refractivity contribution >= 4 is 0 Å². The van der Waals surface area contributed by atoms with E-state index in [4.69, 9.17) is 0 Å². The molecule has 102 valence electrons. The van der Waals surface area contributed by atoms with Gasteiger partial charge in [-0.3, -0.25) is 0 Å². The third-order valence-electron chi connectivity index (χ3n) is 4.08. The lowest BCUT2D eigenvalue weighted by Crippen LogP contribution is -2.53. The van der Waals surface area contributed by atoms with Crippen LogP contribution in [0.3, 0.4) is 0 Å². The predicted octanol–water partition coefficient (Wildman–Crippen LogP) is 1.91. The van der Waals surface area contributed by atoms with Crippen molar-refractivity contribution in [1.29, 1.82) is 0 Å². The summed E-state index contributed by atoms with van der Waals surface area (Å²) in [7, 11) is 0. The van der Waals surface area contributed by atoms with Crippen molar-refractivity contribution in [3.05, 3.63) is 0 Å². The molecule has 1 aliphatic rings. The molecule has 3 nitrogen and oxygen atoms in total. The Bertz CT molecular complexity index is 206. The van der Waals surface area contributed by atoms with E-state index in [9.17, 15) is 5.11 Å². The fourth-order valence-corrected chi connectivity index (χ4v) is 2.66. The van der Waals surface area contributed by atoms with Crippen molar-refractivity contribution in [1.82, 2.24) is 10.6 Å².